The quantitative estimate of drug-likeness (QED) is 0.855. The number of aryl methyl sites for hydroxylation is 1. The van der Waals surface area contributed by atoms with Crippen LogP contribution in [0.1, 0.15) is 24.0 Å². The van der Waals surface area contributed by atoms with Gasteiger partial charge in [-0.05, 0) is 49.3 Å². The minimum atomic E-state index is 0.588. The number of nitrogens with zero attached hydrogens (tertiary/aromatic N) is 1. The highest BCUT2D eigenvalue weighted by Gasteiger charge is 2.19. The van der Waals surface area contributed by atoms with Crippen molar-refractivity contribution in [2.45, 2.75) is 30.7 Å². The van der Waals surface area contributed by atoms with E-state index in [1.54, 1.807) is 11.8 Å². The van der Waals surface area contributed by atoms with Crippen molar-refractivity contribution < 1.29 is 0 Å². The van der Waals surface area contributed by atoms with Gasteiger partial charge in [0.1, 0.15) is 0 Å². The standard InChI is InChI=1S/C18H22N2S/c1-21-18-11-6-10-17(15(18)13-19)20-12-5-4-8-14-7-2-3-9-16(14)20/h2-3,6-7,9-11H,4-5,8,12-13,19H2,1H3. The van der Waals surface area contributed by atoms with Crippen LogP contribution in [0.25, 0.3) is 0 Å². The molecular formula is C18H22N2S. The molecule has 2 nitrogen and oxygen atoms in total. The molecule has 0 radical (unpaired) electrons. The van der Waals surface area contributed by atoms with Crippen LogP contribution in [0.15, 0.2) is 47.4 Å². The van der Waals surface area contributed by atoms with Gasteiger partial charge in [0.05, 0.1) is 0 Å². The van der Waals surface area contributed by atoms with Crippen molar-refractivity contribution in [3.8, 4) is 0 Å². The largest absolute Gasteiger partial charge is 0.341 e. The molecule has 0 saturated carbocycles. The Hall–Kier alpha value is -1.45. The normalized spacial score (nSPS) is 14.7. The van der Waals surface area contributed by atoms with E-state index in [-0.39, 0.29) is 0 Å². The second-order valence-electron chi connectivity index (χ2n) is 5.40. The van der Waals surface area contributed by atoms with Gasteiger partial charge < -0.3 is 10.6 Å². The number of thioether (sulfide) groups is 1. The Morgan fingerprint density at radius 2 is 1.86 bits per heavy atom. The van der Waals surface area contributed by atoms with Gasteiger partial charge in [-0.15, -0.1) is 11.8 Å². The Labute approximate surface area is 131 Å². The van der Waals surface area contributed by atoms with E-state index in [0.29, 0.717) is 6.54 Å². The Morgan fingerprint density at radius 1 is 1.05 bits per heavy atom. The lowest BCUT2D eigenvalue weighted by Gasteiger charge is -2.28. The van der Waals surface area contributed by atoms with E-state index in [1.165, 1.54) is 46.7 Å². The van der Waals surface area contributed by atoms with Crippen LogP contribution in [0.5, 0.6) is 0 Å². The second-order valence-corrected chi connectivity index (χ2v) is 6.25. The first-order chi connectivity index (χ1) is 10.3. The van der Waals surface area contributed by atoms with Crippen LogP contribution in [0, 0.1) is 0 Å². The van der Waals surface area contributed by atoms with Crippen LogP contribution in [-0.4, -0.2) is 12.8 Å². The van der Waals surface area contributed by atoms with Crippen LogP contribution in [0.2, 0.25) is 0 Å². The predicted molar refractivity (Wildman–Crippen MR) is 92.5 cm³/mol. The third kappa shape index (κ3) is 2.81. The third-order valence-electron chi connectivity index (χ3n) is 4.18. The number of fused-ring (bicyclic) bond motifs is 1. The fraction of sp³-hybridized carbons (Fsp3) is 0.333. The monoisotopic (exact) mass is 298 g/mol. The van der Waals surface area contributed by atoms with Gasteiger partial charge in [0.2, 0.25) is 0 Å². The molecule has 2 aromatic rings. The van der Waals surface area contributed by atoms with Gasteiger partial charge in [-0.25, -0.2) is 0 Å². The van der Waals surface area contributed by atoms with Crippen molar-refractivity contribution in [1.82, 2.24) is 0 Å². The third-order valence-corrected chi connectivity index (χ3v) is 5.01. The number of anilines is 2. The first-order valence-corrected chi connectivity index (χ1v) is 8.79. The molecule has 3 heteroatoms. The summed E-state index contributed by atoms with van der Waals surface area (Å²) in [6.45, 7) is 1.66. The van der Waals surface area contributed by atoms with Crippen LogP contribution in [0.4, 0.5) is 11.4 Å². The maximum Gasteiger partial charge on any atom is 0.0467 e. The van der Waals surface area contributed by atoms with E-state index in [9.17, 15) is 0 Å². The molecule has 110 valence electrons. The van der Waals surface area contributed by atoms with Gasteiger partial charge >= 0.3 is 0 Å². The summed E-state index contributed by atoms with van der Waals surface area (Å²) in [5.74, 6) is 0. The van der Waals surface area contributed by atoms with E-state index < -0.39 is 0 Å². The summed E-state index contributed by atoms with van der Waals surface area (Å²) in [5, 5.41) is 0. The molecule has 0 aliphatic carbocycles. The molecule has 1 heterocycles. The lowest BCUT2D eigenvalue weighted by atomic mass is 10.1. The summed E-state index contributed by atoms with van der Waals surface area (Å²) in [6, 6.07) is 15.3. The number of hydrogen-bond acceptors (Lipinski definition) is 3. The highest BCUT2D eigenvalue weighted by molar-refractivity contribution is 7.98. The van der Waals surface area contributed by atoms with Crippen molar-refractivity contribution in [3.05, 3.63) is 53.6 Å². The number of nitrogens with two attached hydrogens (primary N) is 1. The number of para-hydroxylation sites is 1. The minimum absolute atomic E-state index is 0.588. The molecule has 2 N–H and O–H groups in total. The molecule has 0 amide bonds. The fourth-order valence-corrected chi connectivity index (χ4v) is 3.79. The topological polar surface area (TPSA) is 29.3 Å². The zero-order valence-corrected chi connectivity index (χ0v) is 13.3. The van der Waals surface area contributed by atoms with E-state index >= 15 is 0 Å². The maximum atomic E-state index is 6.05. The van der Waals surface area contributed by atoms with Crippen LogP contribution < -0.4 is 10.6 Å². The van der Waals surface area contributed by atoms with Crippen molar-refractivity contribution >= 4 is 23.1 Å². The molecule has 0 aromatic heterocycles. The lowest BCUT2D eigenvalue weighted by Crippen LogP contribution is -2.20. The Morgan fingerprint density at radius 3 is 2.67 bits per heavy atom. The molecule has 0 bridgehead atoms. The summed E-state index contributed by atoms with van der Waals surface area (Å²) >= 11 is 1.78. The van der Waals surface area contributed by atoms with Gasteiger partial charge in [-0.2, -0.15) is 0 Å². The average Bonchev–Trinajstić information content (AvgIpc) is 2.76. The predicted octanol–water partition coefficient (Wildman–Crippen LogP) is 4.34. The molecular weight excluding hydrogens is 276 g/mol. The Bertz CT molecular complexity index is 624. The van der Waals surface area contributed by atoms with Crippen LogP contribution >= 0.6 is 11.8 Å². The SMILES string of the molecule is CSc1cccc(N2CCCCc3ccccc32)c1CN. The molecule has 2 aromatic carbocycles. The summed E-state index contributed by atoms with van der Waals surface area (Å²) in [4.78, 5) is 3.75. The summed E-state index contributed by atoms with van der Waals surface area (Å²) in [7, 11) is 0. The van der Waals surface area contributed by atoms with E-state index in [0.717, 1.165) is 6.54 Å². The minimum Gasteiger partial charge on any atom is -0.341 e. The van der Waals surface area contributed by atoms with Crippen LogP contribution in [0.3, 0.4) is 0 Å². The molecule has 0 saturated heterocycles. The molecule has 0 fully saturated rings. The lowest BCUT2D eigenvalue weighted by molar-refractivity contribution is 0.759. The second kappa shape index (κ2) is 6.54. The van der Waals surface area contributed by atoms with Gasteiger partial charge in [0, 0.05) is 34.9 Å². The molecule has 0 atom stereocenters. The molecule has 3 rings (SSSR count). The smallest absolute Gasteiger partial charge is 0.0467 e. The number of hydrogen-bond donors (Lipinski definition) is 1. The summed E-state index contributed by atoms with van der Waals surface area (Å²) < 4.78 is 0. The van der Waals surface area contributed by atoms with Crippen molar-refractivity contribution in [2.24, 2.45) is 5.73 Å². The summed E-state index contributed by atoms with van der Waals surface area (Å²) in [6.07, 6.45) is 5.78. The van der Waals surface area contributed by atoms with E-state index in [4.69, 9.17) is 5.73 Å². The van der Waals surface area contributed by atoms with Crippen molar-refractivity contribution in [3.63, 3.8) is 0 Å². The zero-order chi connectivity index (χ0) is 14.7. The molecule has 0 spiro atoms. The molecule has 21 heavy (non-hydrogen) atoms. The Kier molecular flexibility index (Phi) is 4.51. The molecule has 0 unspecified atom stereocenters. The summed E-state index contributed by atoms with van der Waals surface area (Å²) in [5.41, 5.74) is 11.4. The highest BCUT2D eigenvalue weighted by Crippen LogP contribution is 2.37. The highest BCUT2D eigenvalue weighted by atomic mass is 32.2. The van der Waals surface area contributed by atoms with Gasteiger partial charge in [0.25, 0.3) is 0 Å². The molecule has 1 aliphatic rings. The Balaban J connectivity index is 2.12. The van der Waals surface area contributed by atoms with Crippen LogP contribution in [-0.2, 0) is 13.0 Å². The first kappa shape index (κ1) is 14.5. The van der Waals surface area contributed by atoms with Gasteiger partial charge in [0.15, 0.2) is 0 Å². The average molecular weight is 298 g/mol. The maximum absolute atomic E-state index is 6.05. The zero-order valence-electron chi connectivity index (χ0n) is 12.5. The first-order valence-electron chi connectivity index (χ1n) is 7.56. The molecule has 1 aliphatic heterocycles. The van der Waals surface area contributed by atoms with E-state index in [2.05, 4.69) is 53.6 Å². The van der Waals surface area contributed by atoms with Crippen molar-refractivity contribution in [1.29, 1.82) is 0 Å². The number of benzene rings is 2. The van der Waals surface area contributed by atoms with Crippen molar-refractivity contribution in [2.75, 3.05) is 17.7 Å². The van der Waals surface area contributed by atoms with E-state index in [1.807, 2.05) is 0 Å². The number of rotatable bonds is 3. The fourth-order valence-electron chi connectivity index (χ4n) is 3.14. The van der Waals surface area contributed by atoms with Gasteiger partial charge in [-0.3, -0.25) is 0 Å². The van der Waals surface area contributed by atoms with Gasteiger partial charge in [-0.1, -0.05) is 24.3 Å².